The first-order valence-electron chi connectivity index (χ1n) is 10.5. The van der Waals surface area contributed by atoms with Gasteiger partial charge in [0.2, 0.25) is 0 Å². The van der Waals surface area contributed by atoms with E-state index in [2.05, 4.69) is 32.9 Å². The Labute approximate surface area is 174 Å². The SMILES string of the molecule is CC1=C(O)/C(=C/C(C)CC/C=C(\C)CC/C=C(/C)CCCc2ccoc2)OC1=O. The topological polar surface area (TPSA) is 59.7 Å². The molecule has 0 aromatic carbocycles. The first kappa shape index (κ1) is 22.8. The smallest absolute Gasteiger partial charge is 0.343 e. The molecule has 1 N–H and O–H groups in total. The second-order valence-corrected chi connectivity index (χ2v) is 8.07. The zero-order valence-electron chi connectivity index (χ0n) is 18.2. The maximum absolute atomic E-state index is 11.4. The molecule has 4 heteroatoms. The van der Waals surface area contributed by atoms with Crippen LogP contribution in [0.3, 0.4) is 0 Å². The first-order valence-corrected chi connectivity index (χ1v) is 10.5. The van der Waals surface area contributed by atoms with E-state index >= 15 is 0 Å². The van der Waals surface area contributed by atoms with Crippen LogP contribution in [0.4, 0.5) is 0 Å². The number of esters is 1. The minimum absolute atomic E-state index is 0.0273. The molecule has 29 heavy (non-hydrogen) atoms. The Morgan fingerprint density at radius 2 is 1.90 bits per heavy atom. The van der Waals surface area contributed by atoms with Crippen molar-refractivity contribution >= 4 is 5.97 Å². The van der Waals surface area contributed by atoms with E-state index < -0.39 is 5.97 Å². The molecule has 1 aliphatic heterocycles. The molecule has 0 saturated carbocycles. The summed E-state index contributed by atoms with van der Waals surface area (Å²) in [6, 6.07) is 2.03. The van der Waals surface area contributed by atoms with E-state index in [1.165, 1.54) is 16.7 Å². The van der Waals surface area contributed by atoms with Crippen LogP contribution in [0, 0.1) is 5.92 Å². The number of hydrogen-bond acceptors (Lipinski definition) is 4. The average Bonchev–Trinajstić information content (AvgIpc) is 3.27. The van der Waals surface area contributed by atoms with Crippen molar-refractivity contribution < 1.29 is 19.1 Å². The number of ether oxygens (including phenoxy) is 1. The molecule has 2 rings (SSSR count). The van der Waals surface area contributed by atoms with Crippen LogP contribution >= 0.6 is 0 Å². The number of cyclic esters (lactones) is 1. The van der Waals surface area contributed by atoms with Crippen LogP contribution < -0.4 is 0 Å². The highest BCUT2D eigenvalue weighted by atomic mass is 16.6. The Kier molecular flexibility index (Phi) is 9.04. The number of rotatable bonds is 11. The number of carbonyl (C=O) groups is 1. The summed E-state index contributed by atoms with van der Waals surface area (Å²) < 4.78 is 10.2. The Balaban J connectivity index is 1.64. The summed E-state index contributed by atoms with van der Waals surface area (Å²) in [5, 5.41) is 9.88. The Hall–Kier alpha value is -2.49. The van der Waals surface area contributed by atoms with Crippen LogP contribution in [0.1, 0.15) is 71.8 Å². The van der Waals surface area contributed by atoms with Gasteiger partial charge in [-0.3, -0.25) is 0 Å². The molecule has 1 aromatic heterocycles. The highest BCUT2D eigenvalue weighted by molar-refractivity contribution is 5.93. The fourth-order valence-corrected chi connectivity index (χ4v) is 3.31. The number of aryl methyl sites for hydroxylation is 1. The molecule has 2 heterocycles. The van der Waals surface area contributed by atoms with Gasteiger partial charge in [0.05, 0.1) is 18.1 Å². The number of aliphatic hydroxyl groups excluding tert-OH is 1. The molecule has 1 unspecified atom stereocenters. The maximum atomic E-state index is 11.4. The first-order chi connectivity index (χ1) is 13.9. The van der Waals surface area contributed by atoms with Crippen molar-refractivity contribution in [2.24, 2.45) is 5.92 Å². The predicted octanol–water partition coefficient (Wildman–Crippen LogP) is 6.96. The molecule has 158 valence electrons. The summed E-state index contributed by atoms with van der Waals surface area (Å²) in [5.41, 5.74) is 4.41. The summed E-state index contributed by atoms with van der Waals surface area (Å²) in [4.78, 5) is 11.4. The van der Waals surface area contributed by atoms with Crippen molar-refractivity contribution in [3.8, 4) is 0 Å². The average molecular weight is 399 g/mol. The molecule has 1 aromatic rings. The molecule has 4 nitrogen and oxygen atoms in total. The number of hydrogen-bond donors (Lipinski definition) is 1. The van der Waals surface area contributed by atoms with E-state index in [9.17, 15) is 9.90 Å². The van der Waals surface area contributed by atoms with Gasteiger partial charge in [-0.25, -0.2) is 4.79 Å². The molecule has 0 aliphatic carbocycles. The van der Waals surface area contributed by atoms with Crippen LogP contribution in [0.15, 0.2) is 69.5 Å². The van der Waals surface area contributed by atoms with Gasteiger partial charge in [0.25, 0.3) is 0 Å². The van der Waals surface area contributed by atoms with E-state index in [0.717, 1.165) is 44.9 Å². The second kappa shape index (κ2) is 11.5. The van der Waals surface area contributed by atoms with Crippen molar-refractivity contribution in [1.29, 1.82) is 0 Å². The molecule has 0 bridgehead atoms. The van der Waals surface area contributed by atoms with Crippen molar-refractivity contribution in [3.05, 3.63) is 70.6 Å². The Morgan fingerprint density at radius 3 is 2.55 bits per heavy atom. The van der Waals surface area contributed by atoms with Crippen LogP contribution in [0.25, 0.3) is 0 Å². The molecule has 1 aliphatic rings. The number of carbonyl (C=O) groups excluding carboxylic acids is 1. The predicted molar refractivity (Wildman–Crippen MR) is 116 cm³/mol. The molecule has 0 radical (unpaired) electrons. The summed E-state index contributed by atoms with van der Waals surface area (Å²) in [7, 11) is 0. The zero-order valence-corrected chi connectivity index (χ0v) is 18.2. The summed E-state index contributed by atoms with van der Waals surface area (Å²) >= 11 is 0. The second-order valence-electron chi connectivity index (χ2n) is 8.07. The lowest BCUT2D eigenvalue weighted by molar-refractivity contribution is -0.133. The lowest BCUT2D eigenvalue weighted by atomic mass is 10.0. The van der Waals surface area contributed by atoms with Crippen molar-refractivity contribution in [3.63, 3.8) is 0 Å². The standard InChI is InChI=1S/C25H34O4/c1-18(8-5-9-19(2)11-7-13-22-14-15-28-17-22)10-6-12-20(3)16-23-24(26)21(4)25(27)29-23/h9-10,14-17,20,26H,5-8,11-13H2,1-4H3/b18-10+,19-9-,23-16-. The van der Waals surface area contributed by atoms with Crippen molar-refractivity contribution in [2.45, 2.75) is 72.6 Å². The zero-order chi connectivity index (χ0) is 21.2. The van der Waals surface area contributed by atoms with Gasteiger partial charge in [0.1, 0.15) is 0 Å². The van der Waals surface area contributed by atoms with Gasteiger partial charge in [-0.1, -0.05) is 30.2 Å². The molecule has 0 fully saturated rings. The summed E-state index contributed by atoms with van der Waals surface area (Å²) in [6.45, 7) is 8.04. The van der Waals surface area contributed by atoms with Crippen molar-refractivity contribution in [1.82, 2.24) is 0 Å². The lowest BCUT2D eigenvalue weighted by Crippen LogP contribution is -1.97. The third kappa shape index (κ3) is 7.80. The highest BCUT2D eigenvalue weighted by Crippen LogP contribution is 2.26. The van der Waals surface area contributed by atoms with Gasteiger partial charge < -0.3 is 14.3 Å². The molecular formula is C25H34O4. The molecule has 0 spiro atoms. The molecule has 0 saturated heterocycles. The van der Waals surface area contributed by atoms with E-state index in [-0.39, 0.29) is 17.3 Å². The lowest BCUT2D eigenvalue weighted by Gasteiger charge is -2.07. The summed E-state index contributed by atoms with van der Waals surface area (Å²) in [5.74, 6) is 0.0448. The van der Waals surface area contributed by atoms with E-state index in [1.54, 1.807) is 13.2 Å². The van der Waals surface area contributed by atoms with Gasteiger partial charge in [-0.15, -0.1) is 0 Å². The van der Waals surface area contributed by atoms with Gasteiger partial charge in [-0.05, 0) is 89.3 Å². The Bertz CT molecular complexity index is 791. The van der Waals surface area contributed by atoms with E-state index in [1.807, 2.05) is 18.4 Å². The molecular weight excluding hydrogens is 364 g/mol. The quantitative estimate of drug-likeness (QED) is 0.323. The Morgan fingerprint density at radius 1 is 1.17 bits per heavy atom. The van der Waals surface area contributed by atoms with Gasteiger partial charge in [-0.2, -0.15) is 0 Å². The summed E-state index contributed by atoms with van der Waals surface area (Å²) in [6.07, 6.45) is 17.5. The molecule has 1 atom stereocenters. The minimum Gasteiger partial charge on any atom is -0.504 e. The van der Waals surface area contributed by atoms with E-state index in [0.29, 0.717) is 5.76 Å². The van der Waals surface area contributed by atoms with Gasteiger partial charge >= 0.3 is 5.97 Å². The number of furan rings is 1. The number of allylic oxidation sites excluding steroid dienone is 5. The van der Waals surface area contributed by atoms with Crippen LogP contribution in [0.5, 0.6) is 0 Å². The third-order valence-corrected chi connectivity index (χ3v) is 5.30. The van der Waals surface area contributed by atoms with E-state index in [4.69, 9.17) is 9.15 Å². The monoisotopic (exact) mass is 398 g/mol. The highest BCUT2D eigenvalue weighted by Gasteiger charge is 2.26. The van der Waals surface area contributed by atoms with Gasteiger partial charge in [0.15, 0.2) is 11.5 Å². The van der Waals surface area contributed by atoms with Crippen LogP contribution in [-0.2, 0) is 16.0 Å². The van der Waals surface area contributed by atoms with Crippen molar-refractivity contribution in [2.75, 3.05) is 0 Å². The molecule has 0 amide bonds. The third-order valence-electron chi connectivity index (χ3n) is 5.30. The number of aliphatic hydroxyl groups is 1. The largest absolute Gasteiger partial charge is 0.504 e. The fraction of sp³-hybridized carbons (Fsp3) is 0.480. The fourth-order valence-electron chi connectivity index (χ4n) is 3.31. The van der Waals surface area contributed by atoms with Crippen LogP contribution in [-0.4, -0.2) is 11.1 Å². The normalized spacial score (nSPS) is 17.9. The minimum atomic E-state index is -0.457. The van der Waals surface area contributed by atoms with Crippen LogP contribution in [0.2, 0.25) is 0 Å². The maximum Gasteiger partial charge on any atom is 0.343 e. The van der Waals surface area contributed by atoms with Gasteiger partial charge in [0, 0.05) is 0 Å².